The Morgan fingerprint density at radius 3 is 2.83 bits per heavy atom. The summed E-state index contributed by atoms with van der Waals surface area (Å²) in [6.45, 7) is 0. The Labute approximate surface area is 108 Å². The second-order valence-corrected chi connectivity index (χ2v) is 4.23. The molecule has 1 saturated heterocycles. The van der Waals surface area contributed by atoms with Gasteiger partial charge >= 0.3 is 0 Å². The highest BCUT2D eigenvalue weighted by atomic mass is 35.5. The van der Waals surface area contributed by atoms with Crippen molar-refractivity contribution in [1.29, 1.82) is 0 Å². The summed E-state index contributed by atoms with van der Waals surface area (Å²) in [5.41, 5.74) is 0.309. The zero-order valence-electron chi connectivity index (χ0n) is 9.27. The lowest BCUT2D eigenvalue weighted by Crippen LogP contribution is -2.52. The second-order valence-electron chi connectivity index (χ2n) is 3.85. The first kappa shape index (κ1) is 12.5. The van der Waals surface area contributed by atoms with Crippen LogP contribution >= 0.6 is 11.6 Å². The third-order valence-electron chi connectivity index (χ3n) is 2.53. The summed E-state index contributed by atoms with van der Waals surface area (Å²) in [4.78, 5) is 38.0. The van der Waals surface area contributed by atoms with Gasteiger partial charge in [0, 0.05) is 12.6 Å². The minimum atomic E-state index is -0.689. The number of carbonyl (C=O) groups is 3. The van der Waals surface area contributed by atoms with Crippen LogP contribution in [0.15, 0.2) is 18.3 Å². The van der Waals surface area contributed by atoms with Crippen LogP contribution in [0.25, 0.3) is 0 Å². The fourth-order valence-electron chi connectivity index (χ4n) is 1.58. The van der Waals surface area contributed by atoms with E-state index in [2.05, 4.69) is 15.6 Å². The summed E-state index contributed by atoms with van der Waals surface area (Å²) in [7, 11) is 0. The number of pyridine rings is 1. The summed E-state index contributed by atoms with van der Waals surface area (Å²) in [5.74, 6) is -1.23. The number of aromatic nitrogens is 1. The molecule has 18 heavy (non-hydrogen) atoms. The van der Waals surface area contributed by atoms with Gasteiger partial charge < -0.3 is 5.32 Å². The minimum absolute atomic E-state index is 0.218. The Bertz CT molecular complexity index is 501. The lowest BCUT2D eigenvalue weighted by molar-refractivity contribution is -0.134. The number of nitrogens with zero attached hydrogens (tertiary/aromatic N) is 1. The molecule has 1 atom stereocenters. The molecule has 0 spiro atoms. The van der Waals surface area contributed by atoms with E-state index in [-0.39, 0.29) is 17.5 Å². The van der Waals surface area contributed by atoms with Gasteiger partial charge in [-0.05, 0) is 18.6 Å². The number of hydrogen-bond donors (Lipinski definition) is 2. The van der Waals surface area contributed by atoms with E-state index in [1.165, 1.54) is 18.3 Å². The molecule has 94 valence electrons. The number of hydrogen-bond acceptors (Lipinski definition) is 4. The number of carbonyl (C=O) groups excluding carboxylic acids is 3. The quantitative estimate of drug-likeness (QED) is 0.595. The van der Waals surface area contributed by atoms with Crippen molar-refractivity contribution >= 4 is 29.3 Å². The van der Waals surface area contributed by atoms with Crippen molar-refractivity contribution in [3.63, 3.8) is 0 Å². The Hall–Kier alpha value is -1.95. The first-order valence-electron chi connectivity index (χ1n) is 5.32. The first-order chi connectivity index (χ1) is 8.56. The maximum atomic E-state index is 11.8. The van der Waals surface area contributed by atoms with Crippen LogP contribution in [-0.2, 0) is 9.59 Å². The van der Waals surface area contributed by atoms with Gasteiger partial charge in [0.05, 0.1) is 5.56 Å². The molecule has 7 heteroatoms. The van der Waals surface area contributed by atoms with Gasteiger partial charge in [0.1, 0.15) is 11.2 Å². The summed E-state index contributed by atoms with van der Waals surface area (Å²) in [5, 5.41) is 4.99. The molecule has 1 aliphatic rings. The van der Waals surface area contributed by atoms with E-state index in [4.69, 9.17) is 11.6 Å². The molecule has 1 aromatic rings. The number of imide groups is 1. The highest BCUT2D eigenvalue weighted by Gasteiger charge is 2.27. The number of nitrogens with one attached hydrogen (secondary N) is 2. The minimum Gasteiger partial charge on any atom is -0.340 e. The van der Waals surface area contributed by atoms with Crippen molar-refractivity contribution in [2.75, 3.05) is 0 Å². The van der Waals surface area contributed by atoms with Crippen LogP contribution in [0.1, 0.15) is 23.2 Å². The third-order valence-corrected chi connectivity index (χ3v) is 2.76. The van der Waals surface area contributed by atoms with Gasteiger partial charge in [-0.1, -0.05) is 11.6 Å². The topological polar surface area (TPSA) is 88.2 Å². The van der Waals surface area contributed by atoms with Crippen molar-refractivity contribution in [1.82, 2.24) is 15.6 Å². The summed E-state index contributed by atoms with van der Waals surface area (Å²) in [6.07, 6.45) is 1.84. The van der Waals surface area contributed by atoms with Crippen LogP contribution < -0.4 is 10.6 Å². The van der Waals surface area contributed by atoms with E-state index in [9.17, 15) is 14.4 Å². The average Bonchev–Trinajstić information content (AvgIpc) is 2.33. The van der Waals surface area contributed by atoms with Crippen LogP contribution in [-0.4, -0.2) is 28.7 Å². The molecule has 1 aromatic heterocycles. The van der Waals surface area contributed by atoms with E-state index >= 15 is 0 Å². The van der Waals surface area contributed by atoms with Gasteiger partial charge in [-0.25, -0.2) is 4.98 Å². The predicted octanol–water partition coefficient (Wildman–Crippen LogP) is 0.270. The monoisotopic (exact) mass is 267 g/mol. The molecule has 0 saturated carbocycles. The Kier molecular flexibility index (Phi) is 3.57. The molecule has 6 nitrogen and oxygen atoms in total. The van der Waals surface area contributed by atoms with Gasteiger partial charge in [-0.3, -0.25) is 19.7 Å². The van der Waals surface area contributed by atoms with Gasteiger partial charge in [0.15, 0.2) is 0 Å². The Morgan fingerprint density at radius 2 is 2.22 bits per heavy atom. The fourth-order valence-corrected chi connectivity index (χ4v) is 1.69. The molecule has 0 bridgehead atoms. The third kappa shape index (κ3) is 2.84. The van der Waals surface area contributed by atoms with Gasteiger partial charge in [0.2, 0.25) is 11.8 Å². The molecule has 3 amide bonds. The lowest BCUT2D eigenvalue weighted by atomic mass is 10.1. The van der Waals surface area contributed by atoms with E-state index < -0.39 is 17.9 Å². The molecule has 2 rings (SSSR count). The van der Waals surface area contributed by atoms with Crippen molar-refractivity contribution in [2.45, 2.75) is 18.9 Å². The molecular formula is C11H10ClN3O3. The Balaban J connectivity index is 2.01. The number of rotatable bonds is 2. The SMILES string of the molecule is O=C1CCC(NC(=O)c2ccc(Cl)nc2)C(=O)N1. The van der Waals surface area contributed by atoms with Gasteiger partial charge in [-0.15, -0.1) is 0 Å². The van der Waals surface area contributed by atoms with Crippen molar-refractivity contribution in [2.24, 2.45) is 0 Å². The fraction of sp³-hybridized carbons (Fsp3) is 0.273. The van der Waals surface area contributed by atoms with E-state index in [0.29, 0.717) is 12.0 Å². The molecule has 0 aromatic carbocycles. The maximum Gasteiger partial charge on any atom is 0.253 e. The van der Waals surface area contributed by atoms with E-state index in [1.54, 1.807) is 0 Å². The van der Waals surface area contributed by atoms with Crippen molar-refractivity contribution in [3.8, 4) is 0 Å². The molecule has 0 aliphatic carbocycles. The van der Waals surface area contributed by atoms with Gasteiger partial charge in [0.25, 0.3) is 5.91 Å². The standard InChI is InChI=1S/C11H10ClN3O3/c12-8-3-1-6(5-13-8)10(17)14-7-2-4-9(16)15-11(7)18/h1,3,5,7H,2,4H2,(H,14,17)(H,15,16,18). The first-order valence-corrected chi connectivity index (χ1v) is 5.70. The predicted molar refractivity (Wildman–Crippen MR) is 62.9 cm³/mol. The molecule has 2 heterocycles. The smallest absolute Gasteiger partial charge is 0.253 e. The zero-order chi connectivity index (χ0) is 13.1. The summed E-state index contributed by atoms with van der Waals surface area (Å²) in [6, 6.07) is 2.31. The molecule has 1 aliphatic heterocycles. The van der Waals surface area contributed by atoms with Crippen molar-refractivity contribution in [3.05, 3.63) is 29.0 Å². The van der Waals surface area contributed by atoms with Crippen LogP contribution in [0.2, 0.25) is 5.15 Å². The van der Waals surface area contributed by atoms with E-state index in [1.807, 2.05) is 0 Å². The van der Waals surface area contributed by atoms with Crippen LogP contribution in [0.4, 0.5) is 0 Å². The Morgan fingerprint density at radius 1 is 1.44 bits per heavy atom. The maximum absolute atomic E-state index is 11.8. The normalized spacial score (nSPS) is 19.3. The molecule has 1 fully saturated rings. The average molecular weight is 268 g/mol. The highest BCUT2D eigenvalue weighted by Crippen LogP contribution is 2.08. The lowest BCUT2D eigenvalue weighted by Gasteiger charge is -2.21. The zero-order valence-corrected chi connectivity index (χ0v) is 10.0. The van der Waals surface area contributed by atoms with Crippen molar-refractivity contribution < 1.29 is 14.4 Å². The van der Waals surface area contributed by atoms with Gasteiger partial charge in [-0.2, -0.15) is 0 Å². The van der Waals surface area contributed by atoms with Crippen LogP contribution in [0.5, 0.6) is 0 Å². The van der Waals surface area contributed by atoms with Crippen LogP contribution in [0, 0.1) is 0 Å². The van der Waals surface area contributed by atoms with Crippen LogP contribution in [0.3, 0.4) is 0 Å². The highest BCUT2D eigenvalue weighted by molar-refractivity contribution is 6.29. The molecular weight excluding hydrogens is 258 g/mol. The summed E-state index contributed by atoms with van der Waals surface area (Å²) < 4.78 is 0. The molecule has 1 unspecified atom stereocenters. The number of halogens is 1. The molecule has 0 radical (unpaired) electrons. The number of piperidine rings is 1. The summed E-state index contributed by atoms with van der Waals surface area (Å²) >= 11 is 5.60. The largest absolute Gasteiger partial charge is 0.340 e. The second kappa shape index (κ2) is 5.14. The number of amides is 3. The van der Waals surface area contributed by atoms with E-state index in [0.717, 1.165) is 0 Å². The molecule has 2 N–H and O–H groups in total.